The van der Waals surface area contributed by atoms with Gasteiger partial charge in [0.05, 0.1) is 10.5 Å². The number of ether oxygens (including phenoxy) is 1. The lowest BCUT2D eigenvalue weighted by Gasteiger charge is -2.43. The number of aryl methyl sites for hydroxylation is 1. The fourth-order valence-electron chi connectivity index (χ4n) is 4.86. The highest BCUT2D eigenvalue weighted by atomic mass is 32.2. The van der Waals surface area contributed by atoms with Crippen molar-refractivity contribution < 1.29 is 22.3 Å². The van der Waals surface area contributed by atoms with E-state index in [4.69, 9.17) is 4.74 Å². The second-order valence-corrected chi connectivity index (χ2v) is 10.6. The van der Waals surface area contributed by atoms with Gasteiger partial charge >= 0.3 is 0 Å². The summed E-state index contributed by atoms with van der Waals surface area (Å²) in [7, 11) is -3.76. The normalized spacial score (nSPS) is 30.9. The molecule has 0 aliphatic carbocycles. The fraction of sp³-hybridized carbons (Fsp3) is 0.667. The summed E-state index contributed by atoms with van der Waals surface area (Å²) in [5.41, 5.74) is -0.0343. The minimum atomic E-state index is -3.76. The van der Waals surface area contributed by atoms with Gasteiger partial charge in [0.2, 0.25) is 10.0 Å². The van der Waals surface area contributed by atoms with Gasteiger partial charge in [-0.05, 0) is 62.6 Å². The maximum atomic E-state index is 13.9. The molecule has 1 aromatic carbocycles. The molecule has 4 rings (SSSR count). The van der Waals surface area contributed by atoms with E-state index in [1.54, 1.807) is 6.92 Å². The van der Waals surface area contributed by atoms with E-state index in [9.17, 15) is 17.6 Å². The van der Waals surface area contributed by atoms with Crippen LogP contribution in [0.5, 0.6) is 0 Å². The number of carbonyl (C=O) groups excluding carboxylic acids is 1. The average molecular weight is 425 g/mol. The largest absolute Gasteiger partial charge is 0.362 e. The molecule has 1 amide bonds. The number of nitrogens with zero attached hydrogens (tertiary/aromatic N) is 2. The molecule has 6 nitrogen and oxygen atoms in total. The van der Waals surface area contributed by atoms with E-state index in [-0.39, 0.29) is 16.7 Å². The van der Waals surface area contributed by atoms with Crippen molar-refractivity contribution in [3.8, 4) is 0 Å². The summed E-state index contributed by atoms with van der Waals surface area (Å²) in [6.45, 7) is 5.83. The van der Waals surface area contributed by atoms with Crippen LogP contribution in [0.4, 0.5) is 4.39 Å². The Labute approximate surface area is 172 Å². The monoisotopic (exact) mass is 424 g/mol. The Bertz CT molecular complexity index is 900. The lowest BCUT2D eigenvalue weighted by Crippen LogP contribution is -2.53. The van der Waals surface area contributed by atoms with E-state index in [1.807, 2.05) is 11.8 Å². The van der Waals surface area contributed by atoms with Gasteiger partial charge in [-0.3, -0.25) is 4.79 Å². The number of likely N-dealkylation sites (tertiary alicyclic amines) is 1. The van der Waals surface area contributed by atoms with Gasteiger partial charge < -0.3 is 9.64 Å². The van der Waals surface area contributed by atoms with Crippen LogP contribution < -0.4 is 0 Å². The van der Waals surface area contributed by atoms with Crippen LogP contribution in [0.1, 0.15) is 44.6 Å². The quantitative estimate of drug-likeness (QED) is 0.748. The zero-order valence-electron chi connectivity index (χ0n) is 17.1. The molecule has 0 aromatic heterocycles. The highest BCUT2D eigenvalue weighted by Crippen LogP contribution is 2.43. The number of hydrogen-bond acceptors (Lipinski definition) is 4. The molecule has 29 heavy (non-hydrogen) atoms. The van der Waals surface area contributed by atoms with Crippen molar-refractivity contribution in [2.75, 3.05) is 26.2 Å². The number of hydrogen-bond donors (Lipinski definition) is 0. The molecule has 3 aliphatic rings. The van der Waals surface area contributed by atoms with Crippen LogP contribution in [-0.2, 0) is 19.6 Å². The predicted octanol–water partition coefficient (Wildman–Crippen LogP) is 2.70. The van der Waals surface area contributed by atoms with E-state index < -0.39 is 27.5 Å². The fourth-order valence-corrected chi connectivity index (χ4v) is 6.41. The third kappa shape index (κ3) is 3.70. The summed E-state index contributed by atoms with van der Waals surface area (Å²) in [6, 6.07) is 4.04. The van der Waals surface area contributed by atoms with Crippen molar-refractivity contribution in [3.63, 3.8) is 0 Å². The Kier molecular flexibility index (Phi) is 5.46. The molecular formula is C21H29FN2O4S. The van der Waals surface area contributed by atoms with E-state index in [1.165, 1.54) is 16.4 Å². The molecule has 1 spiro atoms. The van der Waals surface area contributed by atoms with Crippen molar-refractivity contribution in [1.82, 2.24) is 9.21 Å². The number of sulfonamides is 1. The van der Waals surface area contributed by atoms with Gasteiger partial charge in [0, 0.05) is 26.2 Å². The van der Waals surface area contributed by atoms with Gasteiger partial charge in [-0.25, -0.2) is 12.8 Å². The minimum Gasteiger partial charge on any atom is -0.362 e. The van der Waals surface area contributed by atoms with Crippen LogP contribution in [0.3, 0.4) is 0 Å². The Morgan fingerprint density at radius 1 is 1.21 bits per heavy atom. The summed E-state index contributed by atoms with van der Waals surface area (Å²) in [4.78, 5) is 14.6. The Balaban J connectivity index is 1.45. The lowest BCUT2D eigenvalue weighted by atomic mass is 9.81. The molecule has 3 aliphatic heterocycles. The summed E-state index contributed by atoms with van der Waals surface area (Å²) in [5.74, 6) is -0.482. The van der Waals surface area contributed by atoms with Crippen molar-refractivity contribution in [1.29, 1.82) is 0 Å². The number of rotatable bonds is 3. The van der Waals surface area contributed by atoms with Crippen LogP contribution >= 0.6 is 0 Å². The van der Waals surface area contributed by atoms with E-state index in [0.717, 1.165) is 38.4 Å². The minimum absolute atomic E-state index is 0.0156. The summed E-state index contributed by atoms with van der Waals surface area (Å²) < 4.78 is 47.6. The molecule has 0 radical (unpaired) electrons. The van der Waals surface area contributed by atoms with Gasteiger partial charge in [-0.1, -0.05) is 13.0 Å². The third-order valence-corrected chi connectivity index (χ3v) is 8.70. The van der Waals surface area contributed by atoms with Crippen LogP contribution in [0, 0.1) is 18.7 Å². The van der Waals surface area contributed by atoms with Gasteiger partial charge in [0.15, 0.2) is 0 Å². The Morgan fingerprint density at radius 3 is 2.59 bits per heavy atom. The standard InChI is InChI=1S/C21H29FN2O4S/c1-15-5-6-17(13-18(15)22)29(26,27)24-12-9-21(16(2)14-24)8-7-19(28-21)20(25)23-10-3-4-11-23/h5-6,13,16,19H,3-4,7-12,14H2,1-2H3/t16-,19+,21+/m0/s1. The number of carbonyl (C=O) groups is 1. The van der Waals surface area contributed by atoms with Crippen molar-refractivity contribution in [3.05, 3.63) is 29.6 Å². The van der Waals surface area contributed by atoms with Crippen LogP contribution in [0.25, 0.3) is 0 Å². The number of benzene rings is 1. The second kappa shape index (κ2) is 7.63. The molecule has 0 bridgehead atoms. The first kappa shape index (κ1) is 20.8. The highest BCUT2D eigenvalue weighted by molar-refractivity contribution is 7.89. The summed E-state index contributed by atoms with van der Waals surface area (Å²) >= 11 is 0. The van der Waals surface area contributed by atoms with Crippen molar-refractivity contribution >= 4 is 15.9 Å². The van der Waals surface area contributed by atoms with Gasteiger partial charge in [-0.15, -0.1) is 0 Å². The van der Waals surface area contributed by atoms with E-state index in [0.29, 0.717) is 31.5 Å². The Morgan fingerprint density at radius 2 is 1.93 bits per heavy atom. The SMILES string of the molecule is Cc1ccc(S(=O)(=O)N2CC[C@]3(CC[C@H](C(=O)N4CCCC4)O3)[C@@H](C)C2)cc1F. The van der Waals surface area contributed by atoms with Crippen LogP contribution in [0.2, 0.25) is 0 Å². The predicted molar refractivity (Wildman–Crippen MR) is 106 cm³/mol. The summed E-state index contributed by atoms with van der Waals surface area (Å²) in [5, 5.41) is 0. The van der Waals surface area contributed by atoms with Crippen LogP contribution in [-0.4, -0.2) is 61.4 Å². The van der Waals surface area contributed by atoms with Gasteiger partial charge in [0.1, 0.15) is 11.9 Å². The molecule has 0 N–H and O–H groups in total. The molecule has 1 aromatic rings. The maximum Gasteiger partial charge on any atom is 0.251 e. The van der Waals surface area contributed by atoms with Crippen molar-refractivity contribution in [2.24, 2.45) is 5.92 Å². The van der Waals surface area contributed by atoms with E-state index >= 15 is 0 Å². The average Bonchev–Trinajstić information content (AvgIpc) is 3.36. The molecule has 3 saturated heterocycles. The molecule has 3 atom stereocenters. The lowest BCUT2D eigenvalue weighted by molar-refractivity contribution is -0.154. The van der Waals surface area contributed by atoms with Gasteiger partial charge in [-0.2, -0.15) is 4.31 Å². The number of amides is 1. The second-order valence-electron chi connectivity index (χ2n) is 8.67. The highest BCUT2D eigenvalue weighted by Gasteiger charge is 2.51. The molecule has 3 fully saturated rings. The maximum absolute atomic E-state index is 13.9. The number of halogens is 1. The van der Waals surface area contributed by atoms with Crippen molar-refractivity contribution in [2.45, 2.75) is 62.6 Å². The Hall–Kier alpha value is -1.51. The molecule has 0 unspecified atom stereocenters. The topological polar surface area (TPSA) is 66.9 Å². The summed E-state index contributed by atoms with van der Waals surface area (Å²) in [6.07, 6.45) is 3.69. The first-order valence-electron chi connectivity index (χ1n) is 10.5. The molecule has 3 heterocycles. The zero-order valence-corrected chi connectivity index (χ0v) is 17.9. The van der Waals surface area contributed by atoms with Crippen LogP contribution in [0.15, 0.2) is 23.1 Å². The van der Waals surface area contributed by atoms with E-state index in [2.05, 4.69) is 0 Å². The first-order chi connectivity index (χ1) is 13.7. The van der Waals surface area contributed by atoms with Gasteiger partial charge in [0.25, 0.3) is 5.91 Å². The molecule has 160 valence electrons. The first-order valence-corrected chi connectivity index (χ1v) is 11.9. The zero-order chi connectivity index (χ0) is 20.8. The number of piperidine rings is 1. The molecule has 8 heteroatoms. The smallest absolute Gasteiger partial charge is 0.251 e. The molecular weight excluding hydrogens is 395 g/mol. The third-order valence-electron chi connectivity index (χ3n) is 6.84. The molecule has 0 saturated carbocycles.